The van der Waals surface area contributed by atoms with Crippen molar-refractivity contribution in [3.63, 3.8) is 0 Å². The summed E-state index contributed by atoms with van der Waals surface area (Å²) in [5.74, 6) is -1.24. The molecule has 2 N–H and O–H groups in total. The number of nitrogens with one attached hydrogen (secondary N) is 1. The number of nitrogens with zero attached hydrogens (tertiary/aromatic N) is 1. The highest BCUT2D eigenvalue weighted by atomic mass is 79.9. The van der Waals surface area contributed by atoms with Gasteiger partial charge in [0.15, 0.2) is 6.61 Å². The van der Waals surface area contributed by atoms with Crippen LogP contribution in [0.1, 0.15) is 11.1 Å². The monoisotopic (exact) mass is 414 g/mol. The number of rotatable bonds is 6. The summed E-state index contributed by atoms with van der Waals surface area (Å²) in [6, 6.07) is 14.0. The maximum Gasteiger partial charge on any atom is 0.341 e. The van der Waals surface area contributed by atoms with E-state index in [1.165, 1.54) is 6.08 Å². The summed E-state index contributed by atoms with van der Waals surface area (Å²) in [6.07, 6.45) is 1.44. The normalized spacial score (nSPS) is 10.7. The van der Waals surface area contributed by atoms with Crippen molar-refractivity contribution >= 4 is 39.6 Å². The van der Waals surface area contributed by atoms with E-state index in [1.54, 1.807) is 30.3 Å². The van der Waals surface area contributed by atoms with Crippen LogP contribution >= 0.6 is 15.9 Å². The Bertz CT molecular complexity index is 916. The molecule has 1 amide bonds. The van der Waals surface area contributed by atoms with Crippen LogP contribution in [0.2, 0.25) is 0 Å². The largest absolute Gasteiger partial charge is 0.481 e. The van der Waals surface area contributed by atoms with Gasteiger partial charge in [-0.1, -0.05) is 18.2 Å². The summed E-state index contributed by atoms with van der Waals surface area (Å²) in [6.45, 7) is 1.44. The molecule has 0 aliphatic heterocycles. The first kappa shape index (κ1) is 19.2. The number of anilines is 1. The number of carbonyl (C=O) groups is 2. The molecule has 0 saturated heterocycles. The van der Waals surface area contributed by atoms with E-state index in [0.29, 0.717) is 21.5 Å². The highest BCUT2D eigenvalue weighted by Gasteiger charge is 2.11. The Morgan fingerprint density at radius 2 is 2.08 bits per heavy atom. The first-order chi connectivity index (χ1) is 12.4. The standard InChI is InChI=1S/C19H15BrN2O4/c1-12-3-2-4-15(7-12)22-19(25)14(10-21)8-13-5-6-17(16(20)9-13)26-11-18(23)24/h2-9H,11H2,1H3,(H,22,25)(H,23,24)/b14-8+. The molecular formula is C19H15BrN2O4. The summed E-state index contributed by atoms with van der Waals surface area (Å²) in [7, 11) is 0. The molecule has 2 aromatic rings. The molecule has 2 aromatic carbocycles. The molecule has 6 nitrogen and oxygen atoms in total. The van der Waals surface area contributed by atoms with E-state index in [-0.39, 0.29) is 5.57 Å². The van der Waals surface area contributed by atoms with E-state index in [9.17, 15) is 14.9 Å². The minimum absolute atomic E-state index is 0.0578. The molecule has 0 saturated carbocycles. The molecule has 2 rings (SSSR count). The predicted octanol–water partition coefficient (Wildman–Crippen LogP) is 3.77. The number of hydrogen-bond acceptors (Lipinski definition) is 4. The molecule has 0 fully saturated rings. The van der Waals surface area contributed by atoms with E-state index < -0.39 is 18.5 Å². The highest BCUT2D eigenvalue weighted by Crippen LogP contribution is 2.27. The fourth-order valence-electron chi connectivity index (χ4n) is 2.10. The molecule has 0 aromatic heterocycles. The Morgan fingerprint density at radius 3 is 2.69 bits per heavy atom. The van der Waals surface area contributed by atoms with E-state index >= 15 is 0 Å². The van der Waals surface area contributed by atoms with Crippen molar-refractivity contribution in [3.05, 3.63) is 63.6 Å². The highest BCUT2D eigenvalue weighted by molar-refractivity contribution is 9.10. The van der Waals surface area contributed by atoms with E-state index in [4.69, 9.17) is 9.84 Å². The van der Waals surface area contributed by atoms with Gasteiger partial charge < -0.3 is 15.2 Å². The van der Waals surface area contributed by atoms with E-state index in [0.717, 1.165) is 5.56 Å². The Morgan fingerprint density at radius 1 is 1.31 bits per heavy atom. The lowest BCUT2D eigenvalue weighted by atomic mass is 10.1. The van der Waals surface area contributed by atoms with Crippen molar-refractivity contribution < 1.29 is 19.4 Å². The van der Waals surface area contributed by atoms with Gasteiger partial charge in [0, 0.05) is 5.69 Å². The summed E-state index contributed by atoms with van der Waals surface area (Å²) in [5.41, 5.74) is 2.13. The maximum absolute atomic E-state index is 12.3. The van der Waals surface area contributed by atoms with E-state index in [2.05, 4.69) is 21.2 Å². The minimum atomic E-state index is -1.08. The van der Waals surface area contributed by atoms with Crippen molar-refractivity contribution in [2.75, 3.05) is 11.9 Å². The zero-order chi connectivity index (χ0) is 19.1. The number of nitriles is 1. The van der Waals surface area contributed by atoms with Crippen molar-refractivity contribution in [1.29, 1.82) is 5.26 Å². The molecule has 0 radical (unpaired) electrons. The predicted molar refractivity (Wildman–Crippen MR) is 101 cm³/mol. The van der Waals surface area contributed by atoms with Crippen molar-refractivity contribution in [1.82, 2.24) is 0 Å². The Balaban J connectivity index is 2.17. The van der Waals surface area contributed by atoms with E-state index in [1.807, 2.05) is 25.1 Å². The number of ether oxygens (including phenoxy) is 1. The van der Waals surface area contributed by atoms with Crippen LogP contribution in [0, 0.1) is 18.3 Å². The maximum atomic E-state index is 12.3. The van der Waals surface area contributed by atoms with Crippen LogP contribution in [0.25, 0.3) is 6.08 Å². The number of aryl methyl sites for hydroxylation is 1. The van der Waals surface area contributed by atoms with Crippen LogP contribution < -0.4 is 10.1 Å². The fourth-order valence-corrected chi connectivity index (χ4v) is 2.61. The van der Waals surface area contributed by atoms with Gasteiger partial charge in [-0.3, -0.25) is 4.79 Å². The van der Waals surface area contributed by atoms with Gasteiger partial charge in [-0.05, 0) is 64.3 Å². The van der Waals surface area contributed by atoms with Crippen LogP contribution in [-0.4, -0.2) is 23.6 Å². The van der Waals surface area contributed by atoms with Crippen LogP contribution in [0.3, 0.4) is 0 Å². The molecule has 26 heavy (non-hydrogen) atoms. The van der Waals surface area contributed by atoms with Gasteiger partial charge >= 0.3 is 5.97 Å². The average molecular weight is 415 g/mol. The van der Waals surface area contributed by atoms with Crippen molar-refractivity contribution in [2.24, 2.45) is 0 Å². The molecule has 7 heteroatoms. The number of aliphatic carboxylic acids is 1. The van der Waals surface area contributed by atoms with Gasteiger partial charge in [0.25, 0.3) is 5.91 Å². The number of hydrogen-bond donors (Lipinski definition) is 2. The second-order valence-corrected chi connectivity index (χ2v) is 6.22. The van der Waals surface area contributed by atoms with Crippen LogP contribution in [0.5, 0.6) is 5.75 Å². The zero-order valence-corrected chi connectivity index (χ0v) is 15.4. The molecule has 0 unspecified atom stereocenters. The van der Waals surface area contributed by atoms with Gasteiger partial charge in [0.05, 0.1) is 4.47 Å². The minimum Gasteiger partial charge on any atom is -0.481 e. The molecule has 132 valence electrons. The van der Waals surface area contributed by atoms with Crippen LogP contribution in [0.4, 0.5) is 5.69 Å². The first-order valence-corrected chi connectivity index (χ1v) is 8.32. The molecule has 0 heterocycles. The van der Waals surface area contributed by atoms with Gasteiger partial charge in [-0.15, -0.1) is 0 Å². The number of carboxylic acids is 1. The van der Waals surface area contributed by atoms with Gasteiger partial charge in [0.2, 0.25) is 0 Å². The lowest BCUT2D eigenvalue weighted by Crippen LogP contribution is -2.13. The van der Waals surface area contributed by atoms with Gasteiger partial charge in [-0.25, -0.2) is 4.79 Å². The molecule has 0 spiro atoms. The lowest BCUT2D eigenvalue weighted by Gasteiger charge is -2.07. The molecule has 0 aliphatic rings. The molecule has 0 atom stereocenters. The summed E-state index contributed by atoms with van der Waals surface area (Å²) >= 11 is 3.28. The Labute approximate surface area is 158 Å². The fraction of sp³-hybridized carbons (Fsp3) is 0.105. The number of carboxylic acid groups (broad SMARTS) is 1. The first-order valence-electron chi connectivity index (χ1n) is 7.53. The third-order valence-electron chi connectivity index (χ3n) is 3.26. The second kappa shape index (κ2) is 8.83. The van der Waals surface area contributed by atoms with Crippen LogP contribution in [0.15, 0.2) is 52.5 Å². The summed E-state index contributed by atoms with van der Waals surface area (Å²) in [4.78, 5) is 22.8. The number of amides is 1. The molecule has 0 bridgehead atoms. The Kier molecular flexibility index (Phi) is 6.53. The Hall–Kier alpha value is -3.11. The number of benzene rings is 2. The molecular weight excluding hydrogens is 400 g/mol. The van der Waals surface area contributed by atoms with Crippen LogP contribution in [-0.2, 0) is 9.59 Å². The molecule has 0 aliphatic carbocycles. The summed E-state index contributed by atoms with van der Waals surface area (Å²) < 4.78 is 5.63. The topological polar surface area (TPSA) is 99.4 Å². The zero-order valence-electron chi connectivity index (χ0n) is 13.8. The summed E-state index contributed by atoms with van der Waals surface area (Å²) in [5, 5.41) is 20.6. The third-order valence-corrected chi connectivity index (χ3v) is 3.88. The smallest absolute Gasteiger partial charge is 0.341 e. The van der Waals surface area contributed by atoms with Crippen molar-refractivity contribution in [3.8, 4) is 11.8 Å². The third kappa shape index (κ3) is 5.46. The van der Waals surface area contributed by atoms with Gasteiger partial charge in [-0.2, -0.15) is 5.26 Å². The van der Waals surface area contributed by atoms with Crippen molar-refractivity contribution in [2.45, 2.75) is 6.92 Å². The van der Waals surface area contributed by atoms with Gasteiger partial charge in [0.1, 0.15) is 17.4 Å². The lowest BCUT2D eigenvalue weighted by molar-refractivity contribution is -0.139. The number of halogens is 1. The number of carbonyl (C=O) groups excluding carboxylic acids is 1. The quantitative estimate of drug-likeness (QED) is 0.553. The second-order valence-electron chi connectivity index (χ2n) is 5.37. The SMILES string of the molecule is Cc1cccc(NC(=O)/C(C#N)=C/c2ccc(OCC(=O)O)c(Br)c2)c1. The average Bonchev–Trinajstić information content (AvgIpc) is 2.58.